The summed E-state index contributed by atoms with van der Waals surface area (Å²) in [6.07, 6.45) is 3.49. The summed E-state index contributed by atoms with van der Waals surface area (Å²) in [6.45, 7) is 0. The Balaban J connectivity index is 2.29. The van der Waals surface area contributed by atoms with Crippen molar-refractivity contribution < 1.29 is 9.90 Å². The van der Waals surface area contributed by atoms with Gasteiger partial charge in [-0.15, -0.1) is 0 Å². The molecule has 7 heteroatoms. The van der Waals surface area contributed by atoms with Gasteiger partial charge in [-0.05, 0) is 12.1 Å². The van der Waals surface area contributed by atoms with E-state index in [2.05, 4.69) is 10.1 Å². The van der Waals surface area contributed by atoms with E-state index >= 15 is 0 Å². The molecule has 0 bridgehead atoms. The Labute approximate surface area is 106 Å². The monoisotopic (exact) mass is 269 g/mol. The van der Waals surface area contributed by atoms with Crippen molar-refractivity contribution >= 4 is 29.3 Å². The van der Waals surface area contributed by atoms with Gasteiger partial charge in [-0.3, -0.25) is 4.68 Å². The first-order chi connectivity index (χ1) is 8.04. The second kappa shape index (κ2) is 4.77. The number of carboxylic acid groups (broad SMARTS) is 1. The number of aryl methyl sites for hydroxylation is 1. The fraction of sp³-hybridized carbons (Fsp3) is 0.100. The molecule has 0 aliphatic carbocycles. The number of nitrogens with zero attached hydrogens (tertiary/aromatic N) is 3. The van der Waals surface area contributed by atoms with E-state index in [1.165, 1.54) is 23.9 Å². The number of carboxylic acids is 1. The van der Waals surface area contributed by atoms with Crippen LogP contribution in [0.25, 0.3) is 0 Å². The van der Waals surface area contributed by atoms with Crippen molar-refractivity contribution in [2.75, 3.05) is 0 Å². The van der Waals surface area contributed by atoms with Gasteiger partial charge in [-0.2, -0.15) is 5.10 Å². The lowest BCUT2D eigenvalue weighted by Gasteiger charge is -2.01. The molecule has 5 nitrogen and oxygen atoms in total. The van der Waals surface area contributed by atoms with Gasteiger partial charge >= 0.3 is 5.97 Å². The lowest BCUT2D eigenvalue weighted by atomic mass is 10.3. The Bertz CT molecular complexity index is 570. The Kier molecular flexibility index (Phi) is 3.35. The molecular weight excluding hydrogens is 262 g/mol. The lowest BCUT2D eigenvalue weighted by Crippen LogP contribution is -1.97. The maximum Gasteiger partial charge on any atom is 0.335 e. The van der Waals surface area contributed by atoms with Crippen molar-refractivity contribution in [1.82, 2.24) is 14.8 Å². The predicted octanol–water partition coefficient (Wildman–Crippen LogP) is 2.32. The summed E-state index contributed by atoms with van der Waals surface area (Å²) in [6, 6.07) is 2.79. The number of rotatable bonds is 3. The van der Waals surface area contributed by atoms with Gasteiger partial charge in [-0.25, -0.2) is 9.78 Å². The molecule has 2 rings (SSSR count). The summed E-state index contributed by atoms with van der Waals surface area (Å²) >= 11 is 7.07. The number of hydrogen-bond acceptors (Lipinski definition) is 4. The zero-order chi connectivity index (χ0) is 12.4. The summed E-state index contributed by atoms with van der Waals surface area (Å²) in [5.74, 6) is -1.03. The van der Waals surface area contributed by atoms with Crippen LogP contribution in [0.3, 0.4) is 0 Å². The van der Waals surface area contributed by atoms with Crippen LogP contribution in [-0.4, -0.2) is 25.8 Å². The first kappa shape index (κ1) is 11.9. The highest BCUT2D eigenvalue weighted by Crippen LogP contribution is 2.27. The van der Waals surface area contributed by atoms with Crippen molar-refractivity contribution in [2.24, 2.45) is 7.05 Å². The normalized spacial score (nSPS) is 10.5. The van der Waals surface area contributed by atoms with E-state index in [0.29, 0.717) is 5.03 Å². The number of carbonyl (C=O) groups is 1. The van der Waals surface area contributed by atoms with Gasteiger partial charge in [0.1, 0.15) is 10.2 Å². The molecule has 2 heterocycles. The van der Waals surface area contributed by atoms with E-state index in [0.717, 1.165) is 4.90 Å². The van der Waals surface area contributed by atoms with Crippen molar-refractivity contribution in [2.45, 2.75) is 9.92 Å². The molecule has 0 unspecified atom stereocenters. The van der Waals surface area contributed by atoms with Crippen molar-refractivity contribution in [3.63, 3.8) is 0 Å². The maximum absolute atomic E-state index is 10.8. The minimum atomic E-state index is -1.03. The number of pyridine rings is 1. The highest BCUT2D eigenvalue weighted by Gasteiger charge is 2.09. The van der Waals surface area contributed by atoms with E-state index in [1.807, 2.05) is 6.20 Å². The van der Waals surface area contributed by atoms with E-state index in [1.54, 1.807) is 17.9 Å². The quantitative estimate of drug-likeness (QED) is 0.866. The molecule has 0 spiro atoms. The second-order valence-electron chi connectivity index (χ2n) is 3.27. The van der Waals surface area contributed by atoms with Crippen LogP contribution in [0.2, 0.25) is 5.15 Å². The molecule has 88 valence electrons. The highest BCUT2D eigenvalue weighted by molar-refractivity contribution is 7.99. The van der Waals surface area contributed by atoms with Crippen molar-refractivity contribution in [1.29, 1.82) is 0 Å². The molecular formula is C10H8ClN3O2S. The molecule has 1 N–H and O–H groups in total. The van der Waals surface area contributed by atoms with Gasteiger partial charge < -0.3 is 5.11 Å². The van der Waals surface area contributed by atoms with Gasteiger partial charge in [-0.1, -0.05) is 23.4 Å². The zero-order valence-corrected chi connectivity index (χ0v) is 10.4. The third-order valence-corrected chi connectivity index (χ3v) is 2.98. The maximum atomic E-state index is 10.8. The van der Waals surface area contributed by atoms with Gasteiger partial charge in [0.15, 0.2) is 0 Å². The van der Waals surface area contributed by atoms with Gasteiger partial charge in [0, 0.05) is 13.2 Å². The molecule has 0 aliphatic heterocycles. The Morgan fingerprint density at radius 3 is 2.88 bits per heavy atom. The summed E-state index contributed by atoms with van der Waals surface area (Å²) in [5.41, 5.74) is 0.122. The third kappa shape index (κ3) is 2.98. The minimum Gasteiger partial charge on any atom is -0.478 e. The fourth-order valence-corrected chi connectivity index (χ4v) is 2.36. The van der Waals surface area contributed by atoms with Crippen LogP contribution in [0.5, 0.6) is 0 Å². The molecule has 2 aromatic rings. The number of halogens is 1. The van der Waals surface area contributed by atoms with Crippen LogP contribution >= 0.6 is 23.4 Å². The second-order valence-corrected chi connectivity index (χ2v) is 4.75. The first-order valence-electron chi connectivity index (χ1n) is 4.62. The van der Waals surface area contributed by atoms with Crippen LogP contribution in [0.1, 0.15) is 10.4 Å². The molecule has 17 heavy (non-hydrogen) atoms. The van der Waals surface area contributed by atoms with Crippen LogP contribution in [0.4, 0.5) is 0 Å². The van der Waals surface area contributed by atoms with Crippen LogP contribution < -0.4 is 0 Å². The van der Waals surface area contributed by atoms with Gasteiger partial charge in [0.25, 0.3) is 0 Å². The van der Waals surface area contributed by atoms with Gasteiger partial charge in [0.2, 0.25) is 0 Å². The van der Waals surface area contributed by atoms with E-state index < -0.39 is 5.97 Å². The fourth-order valence-electron chi connectivity index (χ4n) is 1.22. The van der Waals surface area contributed by atoms with Crippen LogP contribution in [0.15, 0.2) is 34.4 Å². The van der Waals surface area contributed by atoms with E-state index in [4.69, 9.17) is 16.7 Å². The molecule has 0 saturated heterocycles. The third-order valence-electron chi connectivity index (χ3n) is 1.92. The Hall–Kier alpha value is -1.53. The van der Waals surface area contributed by atoms with Crippen LogP contribution in [-0.2, 0) is 7.05 Å². The summed E-state index contributed by atoms with van der Waals surface area (Å²) in [5, 5.41) is 13.6. The average molecular weight is 270 g/mol. The zero-order valence-electron chi connectivity index (χ0n) is 8.79. The Morgan fingerprint density at radius 2 is 2.29 bits per heavy atom. The largest absolute Gasteiger partial charge is 0.478 e. The molecule has 0 saturated carbocycles. The van der Waals surface area contributed by atoms with Crippen molar-refractivity contribution in [3.8, 4) is 0 Å². The standard InChI is InChI=1S/C10H8ClN3O2S/c1-14-5-7(4-12-14)17-9-3-6(10(15)16)2-8(11)13-9/h2-5H,1H3,(H,15,16). The SMILES string of the molecule is Cn1cc(Sc2cc(C(=O)O)cc(Cl)n2)cn1. The van der Waals surface area contributed by atoms with Crippen molar-refractivity contribution in [3.05, 3.63) is 35.2 Å². The molecule has 0 atom stereocenters. The number of aromatic carboxylic acids is 1. The molecule has 0 fully saturated rings. The van der Waals surface area contributed by atoms with Gasteiger partial charge in [0.05, 0.1) is 16.7 Å². The molecule has 0 amide bonds. The first-order valence-corrected chi connectivity index (χ1v) is 5.81. The molecule has 0 aromatic carbocycles. The average Bonchev–Trinajstić information content (AvgIpc) is 2.63. The highest BCUT2D eigenvalue weighted by atomic mass is 35.5. The minimum absolute atomic E-state index is 0.122. The topological polar surface area (TPSA) is 68.0 Å². The summed E-state index contributed by atoms with van der Waals surface area (Å²) < 4.78 is 1.66. The predicted molar refractivity (Wildman–Crippen MR) is 63.5 cm³/mol. The smallest absolute Gasteiger partial charge is 0.335 e. The summed E-state index contributed by atoms with van der Waals surface area (Å²) in [4.78, 5) is 15.8. The lowest BCUT2D eigenvalue weighted by molar-refractivity contribution is 0.0696. The molecule has 0 radical (unpaired) electrons. The Morgan fingerprint density at radius 1 is 1.53 bits per heavy atom. The number of aromatic nitrogens is 3. The molecule has 2 aromatic heterocycles. The molecule has 0 aliphatic rings. The van der Waals surface area contributed by atoms with E-state index in [-0.39, 0.29) is 10.7 Å². The number of hydrogen-bond donors (Lipinski definition) is 1. The van der Waals surface area contributed by atoms with Crippen LogP contribution in [0, 0.1) is 0 Å². The van der Waals surface area contributed by atoms with E-state index in [9.17, 15) is 4.79 Å². The summed E-state index contributed by atoms with van der Waals surface area (Å²) in [7, 11) is 1.80.